The maximum Gasteiger partial charge on any atom is 0.298 e. The summed E-state index contributed by atoms with van der Waals surface area (Å²) in [5.74, 6) is -1.83. The Labute approximate surface area is 77.4 Å². The summed E-state index contributed by atoms with van der Waals surface area (Å²) in [5, 5.41) is 18.4. The van der Waals surface area contributed by atoms with Gasteiger partial charge in [-0.25, -0.2) is 0 Å². The lowest BCUT2D eigenvalue weighted by molar-refractivity contribution is -0.410. The quantitative estimate of drug-likeness (QED) is 0.522. The second kappa shape index (κ2) is 3.51. The van der Waals surface area contributed by atoms with E-state index in [1.165, 1.54) is 0 Å². The zero-order valence-corrected chi connectivity index (χ0v) is 7.99. The molecule has 1 saturated heterocycles. The van der Waals surface area contributed by atoms with Crippen LogP contribution in [-0.4, -0.2) is 42.0 Å². The first kappa shape index (κ1) is 10.9. The summed E-state index contributed by atoms with van der Waals surface area (Å²) in [6, 6.07) is -0.927. The van der Waals surface area contributed by atoms with Gasteiger partial charge in [0.15, 0.2) is 0 Å². The standard InChI is InChI=1S/C8H17NO4/c1-7(2)4-12-8(11,13-5-7)6(9)3-10/h6,10-11H,3-5,9H2,1-2H3. The normalized spacial score (nSPS) is 28.4. The van der Waals surface area contributed by atoms with Crippen molar-refractivity contribution in [3.63, 3.8) is 0 Å². The van der Waals surface area contributed by atoms with Crippen molar-refractivity contribution in [3.8, 4) is 0 Å². The molecule has 13 heavy (non-hydrogen) atoms. The molecule has 0 amide bonds. The Morgan fingerprint density at radius 2 is 1.85 bits per heavy atom. The molecule has 1 atom stereocenters. The van der Waals surface area contributed by atoms with Crippen molar-refractivity contribution < 1.29 is 19.7 Å². The summed E-state index contributed by atoms with van der Waals surface area (Å²) in [5.41, 5.74) is 5.30. The number of ether oxygens (including phenoxy) is 2. The van der Waals surface area contributed by atoms with E-state index in [4.69, 9.17) is 20.3 Å². The molecule has 0 saturated carbocycles. The van der Waals surface area contributed by atoms with Crippen LogP contribution in [0.4, 0.5) is 0 Å². The second-order valence-electron chi connectivity index (χ2n) is 4.16. The maximum absolute atomic E-state index is 9.64. The van der Waals surface area contributed by atoms with Crippen LogP contribution in [0.5, 0.6) is 0 Å². The van der Waals surface area contributed by atoms with Crippen LogP contribution < -0.4 is 5.73 Å². The van der Waals surface area contributed by atoms with E-state index in [2.05, 4.69) is 0 Å². The van der Waals surface area contributed by atoms with E-state index in [-0.39, 0.29) is 12.0 Å². The molecule has 0 aliphatic carbocycles. The lowest BCUT2D eigenvalue weighted by Gasteiger charge is -2.41. The average molecular weight is 191 g/mol. The average Bonchev–Trinajstić information content (AvgIpc) is 2.09. The molecular formula is C8H17NO4. The predicted octanol–water partition coefficient (Wildman–Crippen LogP) is -0.975. The molecule has 1 fully saturated rings. The van der Waals surface area contributed by atoms with Crippen molar-refractivity contribution in [3.05, 3.63) is 0 Å². The van der Waals surface area contributed by atoms with Gasteiger partial charge in [-0.1, -0.05) is 13.8 Å². The zero-order valence-electron chi connectivity index (χ0n) is 7.99. The van der Waals surface area contributed by atoms with Crippen LogP contribution in [0.25, 0.3) is 0 Å². The minimum atomic E-state index is -1.83. The van der Waals surface area contributed by atoms with Crippen LogP contribution in [0.15, 0.2) is 0 Å². The zero-order chi connectivity index (χ0) is 10.1. The molecule has 1 aliphatic heterocycles. The molecule has 5 nitrogen and oxygen atoms in total. The van der Waals surface area contributed by atoms with Gasteiger partial charge in [0.2, 0.25) is 0 Å². The molecule has 0 aromatic carbocycles. The highest BCUT2D eigenvalue weighted by atomic mass is 16.8. The van der Waals surface area contributed by atoms with Crippen LogP contribution in [0.1, 0.15) is 13.8 Å². The molecular weight excluding hydrogens is 174 g/mol. The molecule has 0 aromatic rings. The van der Waals surface area contributed by atoms with Gasteiger partial charge in [-0.2, -0.15) is 0 Å². The summed E-state index contributed by atoms with van der Waals surface area (Å²) in [7, 11) is 0. The smallest absolute Gasteiger partial charge is 0.298 e. The molecule has 1 heterocycles. The number of aliphatic hydroxyl groups excluding tert-OH is 1. The van der Waals surface area contributed by atoms with Gasteiger partial charge in [-0.05, 0) is 0 Å². The fraction of sp³-hybridized carbons (Fsp3) is 1.00. The first-order valence-electron chi connectivity index (χ1n) is 4.26. The van der Waals surface area contributed by atoms with Gasteiger partial charge in [0.25, 0.3) is 5.97 Å². The number of nitrogens with two attached hydrogens (primary N) is 1. The van der Waals surface area contributed by atoms with Gasteiger partial charge in [0.05, 0.1) is 19.8 Å². The Morgan fingerprint density at radius 1 is 1.38 bits per heavy atom. The molecule has 0 spiro atoms. The molecule has 0 aromatic heterocycles. The van der Waals surface area contributed by atoms with Crippen LogP contribution in [0, 0.1) is 5.41 Å². The van der Waals surface area contributed by atoms with Gasteiger partial charge in [0, 0.05) is 5.41 Å². The topological polar surface area (TPSA) is 84.9 Å². The van der Waals surface area contributed by atoms with Crippen LogP contribution >= 0.6 is 0 Å². The molecule has 1 unspecified atom stereocenters. The minimum absolute atomic E-state index is 0.124. The third kappa shape index (κ3) is 2.38. The van der Waals surface area contributed by atoms with Crippen LogP contribution in [0.3, 0.4) is 0 Å². The van der Waals surface area contributed by atoms with E-state index in [0.717, 1.165) is 0 Å². The number of aliphatic hydroxyl groups is 2. The fourth-order valence-electron chi connectivity index (χ4n) is 1.01. The third-order valence-corrected chi connectivity index (χ3v) is 2.00. The van der Waals surface area contributed by atoms with Gasteiger partial charge in [-0.3, -0.25) is 0 Å². The van der Waals surface area contributed by atoms with Gasteiger partial charge in [0.1, 0.15) is 6.04 Å². The van der Waals surface area contributed by atoms with E-state index in [1.807, 2.05) is 13.8 Å². The highest BCUT2D eigenvalue weighted by molar-refractivity contribution is 4.79. The number of rotatable bonds is 2. The third-order valence-electron chi connectivity index (χ3n) is 2.00. The first-order valence-corrected chi connectivity index (χ1v) is 4.26. The van der Waals surface area contributed by atoms with E-state index in [0.29, 0.717) is 13.2 Å². The van der Waals surface area contributed by atoms with Crippen molar-refractivity contribution in [1.29, 1.82) is 0 Å². The molecule has 0 radical (unpaired) electrons. The molecule has 0 bridgehead atoms. The Kier molecular flexibility index (Phi) is 2.94. The molecule has 78 valence electrons. The Hall–Kier alpha value is -0.200. The monoisotopic (exact) mass is 191 g/mol. The fourth-order valence-corrected chi connectivity index (χ4v) is 1.01. The molecule has 1 aliphatic rings. The predicted molar refractivity (Wildman–Crippen MR) is 45.7 cm³/mol. The molecule has 4 N–H and O–H groups in total. The summed E-state index contributed by atoms with van der Waals surface area (Å²) >= 11 is 0. The Balaban J connectivity index is 2.56. The van der Waals surface area contributed by atoms with Crippen LogP contribution in [0.2, 0.25) is 0 Å². The summed E-state index contributed by atoms with van der Waals surface area (Å²) in [6.07, 6.45) is 0. The minimum Gasteiger partial charge on any atom is -0.394 e. The summed E-state index contributed by atoms with van der Waals surface area (Å²) in [6.45, 7) is 4.25. The van der Waals surface area contributed by atoms with Crippen LogP contribution in [-0.2, 0) is 9.47 Å². The number of hydrogen-bond acceptors (Lipinski definition) is 5. The Morgan fingerprint density at radius 3 is 2.23 bits per heavy atom. The van der Waals surface area contributed by atoms with E-state index in [9.17, 15) is 5.11 Å². The van der Waals surface area contributed by atoms with Crippen molar-refractivity contribution in [2.75, 3.05) is 19.8 Å². The lowest BCUT2D eigenvalue weighted by Crippen LogP contribution is -2.59. The molecule has 1 rings (SSSR count). The van der Waals surface area contributed by atoms with Crippen molar-refractivity contribution >= 4 is 0 Å². The maximum atomic E-state index is 9.64. The van der Waals surface area contributed by atoms with Crippen molar-refractivity contribution in [2.24, 2.45) is 11.1 Å². The van der Waals surface area contributed by atoms with E-state index < -0.39 is 12.0 Å². The van der Waals surface area contributed by atoms with Gasteiger partial charge in [-0.15, -0.1) is 0 Å². The van der Waals surface area contributed by atoms with E-state index in [1.54, 1.807) is 0 Å². The molecule has 5 heteroatoms. The highest BCUT2D eigenvalue weighted by Gasteiger charge is 2.43. The summed E-state index contributed by atoms with van der Waals surface area (Å²) in [4.78, 5) is 0. The second-order valence-corrected chi connectivity index (χ2v) is 4.16. The van der Waals surface area contributed by atoms with E-state index >= 15 is 0 Å². The first-order chi connectivity index (χ1) is 5.90. The van der Waals surface area contributed by atoms with Crippen molar-refractivity contribution in [2.45, 2.75) is 25.9 Å². The van der Waals surface area contributed by atoms with Gasteiger partial charge >= 0.3 is 0 Å². The van der Waals surface area contributed by atoms with Crippen molar-refractivity contribution in [1.82, 2.24) is 0 Å². The Bertz CT molecular complexity index is 173. The SMILES string of the molecule is CC1(C)COC(O)(C(N)CO)OC1. The lowest BCUT2D eigenvalue weighted by atomic mass is 9.95. The van der Waals surface area contributed by atoms with Gasteiger partial charge < -0.3 is 25.4 Å². The highest BCUT2D eigenvalue weighted by Crippen LogP contribution is 2.28. The number of hydrogen-bond donors (Lipinski definition) is 3. The largest absolute Gasteiger partial charge is 0.394 e. The summed E-state index contributed by atoms with van der Waals surface area (Å²) < 4.78 is 10.2.